The van der Waals surface area contributed by atoms with Crippen molar-refractivity contribution in [1.29, 1.82) is 0 Å². The second-order valence-electron chi connectivity index (χ2n) is 5.52. The van der Waals surface area contributed by atoms with Crippen molar-refractivity contribution in [3.63, 3.8) is 0 Å². The van der Waals surface area contributed by atoms with Crippen LogP contribution in [0.5, 0.6) is 0 Å². The zero-order chi connectivity index (χ0) is 16.9. The van der Waals surface area contributed by atoms with E-state index in [0.717, 1.165) is 4.57 Å². The Labute approximate surface area is 134 Å². The van der Waals surface area contributed by atoms with Crippen molar-refractivity contribution in [3.05, 3.63) is 37.2 Å². The van der Waals surface area contributed by atoms with Gasteiger partial charge in [0.1, 0.15) is 18.1 Å². The molecule has 3 aromatic heterocycles. The molecule has 24 heavy (non-hydrogen) atoms. The summed E-state index contributed by atoms with van der Waals surface area (Å²) >= 11 is 0. The van der Waals surface area contributed by atoms with E-state index < -0.39 is 31.0 Å². The fraction of sp³-hybridized carbons (Fsp3) is 0.333. The standard InChI is InChI=1S/C15H13F2N3O4/c16-15(17)12(22)10(5-21)24-14(15)20-3-1-9-11(8-2-4-23-6-8)18-7-19-13(9)20/h1-4,6-7,10,12,14,21-22H,5H2/t10-,12-,14+/m1/s1. The molecule has 3 atom stereocenters. The fourth-order valence-corrected chi connectivity index (χ4v) is 2.91. The summed E-state index contributed by atoms with van der Waals surface area (Å²) in [5.41, 5.74) is 1.46. The molecule has 126 valence electrons. The maximum atomic E-state index is 14.3. The first-order valence-electron chi connectivity index (χ1n) is 7.20. The van der Waals surface area contributed by atoms with Gasteiger partial charge in [0.15, 0.2) is 6.10 Å². The van der Waals surface area contributed by atoms with Crippen molar-refractivity contribution in [2.24, 2.45) is 0 Å². The summed E-state index contributed by atoms with van der Waals surface area (Å²) in [5.74, 6) is -3.57. The summed E-state index contributed by atoms with van der Waals surface area (Å²) in [5, 5.41) is 19.3. The molecule has 3 aromatic rings. The van der Waals surface area contributed by atoms with Gasteiger partial charge in [0.25, 0.3) is 0 Å². The van der Waals surface area contributed by atoms with Gasteiger partial charge in [0.05, 0.1) is 24.8 Å². The van der Waals surface area contributed by atoms with Crippen LogP contribution in [0, 0.1) is 0 Å². The maximum Gasteiger partial charge on any atom is 0.320 e. The molecule has 1 fully saturated rings. The molecule has 0 aliphatic carbocycles. The van der Waals surface area contributed by atoms with Crippen LogP contribution >= 0.6 is 0 Å². The van der Waals surface area contributed by atoms with Crippen molar-refractivity contribution in [3.8, 4) is 11.3 Å². The average Bonchev–Trinajstić information content (AvgIpc) is 3.28. The summed E-state index contributed by atoms with van der Waals surface area (Å²) in [6.45, 7) is -0.707. The lowest BCUT2D eigenvalue weighted by atomic mass is 10.1. The fourth-order valence-electron chi connectivity index (χ4n) is 2.91. The number of aliphatic hydroxyl groups excluding tert-OH is 2. The average molecular weight is 337 g/mol. The molecule has 4 rings (SSSR count). The van der Waals surface area contributed by atoms with Gasteiger partial charge in [-0.1, -0.05) is 0 Å². The zero-order valence-electron chi connectivity index (χ0n) is 12.2. The number of rotatable bonds is 3. The molecule has 1 saturated heterocycles. The van der Waals surface area contributed by atoms with E-state index in [1.165, 1.54) is 25.1 Å². The quantitative estimate of drug-likeness (QED) is 0.754. The van der Waals surface area contributed by atoms with Crippen molar-refractivity contribution >= 4 is 11.0 Å². The van der Waals surface area contributed by atoms with Crippen molar-refractivity contribution in [2.45, 2.75) is 24.4 Å². The Balaban J connectivity index is 1.83. The van der Waals surface area contributed by atoms with Crippen LogP contribution < -0.4 is 0 Å². The molecule has 1 aliphatic heterocycles. The minimum Gasteiger partial charge on any atom is -0.472 e. The highest BCUT2D eigenvalue weighted by molar-refractivity contribution is 5.90. The van der Waals surface area contributed by atoms with Crippen LogP contribution in [-0.2, 0) is 4.74 Å². The van der Waals surface area contributed by atoms with Crippen molar-refractivity contribution < 1.29 is 28.1 Å². The number of aromatic nitrogens is 3. The molecular weight excluding hydrogens is 324 g/mol. The summed E-state index contributed by atoms with van der Waals surface area (Å²) in [7, 11) is 0. The van der Waals surface area contributed by atoms with Crippen LogP contribution in [0.4, 0.5) is 8.78 Å². The van der Waals surface area contributed by atoms with Gasteiger partial charge >= 0.3 is 5.92 Å². The highest BCUT2D eigenvalue weighted by Crippen LogP contribution is 2.44. The third-order valence-electron chi connectivity index (χ3n) is 4.12. The van der Waals surface area contributed by atoms with Crippen LogP contribution in [0.3, 0.4) is 0 Å². The Hall–Kier alpha value is -2.36. The molecule has 9 heteroatoms. The van der Waals surface area contributed by atoms with E-state index >= 15 is 0 Å². The van der Waals surface area contributed by atoms with E-state index in [1.807, 2.05) is 0 Å². The summed E-state index contributed by atoms with van der Waals surface area (Å²) in [6, 6.07) is 3.29. The number of alkyl halides is 2. The predicted molar refractivity (Wildman–Crippen MR) is 77.2 cm³/mol. The number of fused-ring (bicyclic) bond motifs is 1. The van der Waals surface area contributed by atoms with Crippen LogP contribution in [0.2, 0.25) is 0 Å². The molecule has 0 unspecified atom stereocenters. The van der Waals surface area contributed by atoms with Gasteiger partial charge in [0.2, 0.25) is 6.23 Å². The maximum absolute atomic E-state index is 14.3. The van der Waals surface area contributed by atoms with Gasteiger partial charge in [0, 0.05) is 17.1 Å². The van der Waals surface area contributed by atoms with Gasteiger partial charge in [-0.2, -0.15) is 8.78 Å². The molecule has 2 N–H and O–H groups in total. The number of aliphatic hydroxyl groups is 2. The van der Waals surface area contributed by atoms with E-state index in [2.05, 4.69) is 9.97 Å². The topological polar surface area (TPSA) is 93.5 Å². The molecule has 0 radical (unpaired) electrons. The first-order chi connectivity index (χ1) is 11.5. The van der Waals surface area contributed by atoms with E-state index in [4.69, 9.17) is 14.3 Å². The highest BCUT2D eigenvalue weighted by atomic mass is 19.3. The smallest absolute Gasteiger partial charge is 0.320 e. The lowest BCUT2D eigenvalue weighted by Gasteiger charge is -2.21. The van der Waals surface area contributed by atoms with E-state index in [-0.39, 0.29) is 5.65 Å². The molecule has 0 amide bonds. The Morgan fingerprint density at radius 3 is 2.79 bits per heavy atom. The highest BCUT2D eigenvalue weighted by Gasteiger charge is 2.59. The van der Waals surface area contributed by atoms with Crippen molar-refractivity contribution in [1.82, 2.24) is 14.5 Å². The minimum atomic E-state index is -3.57. The zero-order valence-corrected chi connectivity index (χ0v) is 12.2. The monoisotopic (exact) mass is 337 g/mol. The lowest BCUT2D eigenvalue weighted by molar-refractivity contribution is -0.138. The Morgan fingerprint density at radius 2 is 2.12 bits per heavy atom. The van der Waals surface area contributed by atoms with Crippen molar-refractivity contribution in [2.75, 3.05) is 6.61 Å². The van der Waals surface area contributed by atoms with Gasteiger partial charge in [-0.25, -0.2) is 9.97 Å². The van der Waals surface area contributed by atoms with Gasteiger partial charge in [-0.15, -0.1) is 0 Å². The first-order valence-corrected chi connectivity index (χ1v) is 7.20. The van der Waals surface area contributed by atoms with Crippen LogP contribution in [-0.4, -0.2) is 49.5 Å². The number of hydrogen-bond donors (Lipinski definition) is 2. The number of halogens is 2. The largest absolute Gasteiger partial charge is 0.472 e. The second-order valence-corrected chi connectivity index (χ2v) is 5.52. The van der Waals surface area contributed by atoms with E-state index in [0.29, 0.717) is 16.6 Å². The van der Waals surface area contributed by atoms with Gasteiger partial charge in [-0.3, -0.25) is 0 Å². The normalized spacial score (nSPS) is 26.2. The number of nitrogens with zero attached hydrogens (tertiary/aromatic N) is 3. The molecule has 0 spiro atoms. The van der Waals surface area contributed by atoms with E-state index in [9.17, 15) is 13.9 Å². The third kappa shape index (κ3) is 2.05. The number of ether oxygens (including phenoxy) is 1. The molecule has 0 saturated carbocycles. The number of furan rings is 1. The lowest BCUT2D eigenvalue weighted by Crippen LogP contribution is -2.39. The van der Waals surface area contributed by atoms with Crippen LogP contribution in [0.15, 0.2) is 41.6 Å². The van der Waals surface area contributed by atoms with E-state index in [1.54, 1.807) is 12.1 Å². The summed E-state index contributed by atoms with van der Waals surface area (Å²) in [6.07, 6.45) is 0.400. The molecule has 0 aromatic carbocycles. The Kier molecular flexibility index (Phi) is 3.37. The predicted octanol–water partition coefficient (Wildman–Crippen LogP) is 1.58. The van der Waals surface area contributed by atoms with Gasteiger partial charge < -0.3 is 23.9 Å². The minimum absolute atomic E-state index is 0.233. The first kappa shape index (κ1) is 15.2. The molecule has 4 heterocycles. The Morgan fingerprint density at radius 1 is 1.29 bits per heavy atom. The van der Waals surface area contributed by atoms with Crippen LogP contribution in [0.25, 0.3) is 22.3 Å². The third-order valence-corrected chi connectivity index (χ3v) is 4.12. The summed E-state index contributed by atoms with van der Waals surface area (Å²) in [4.78, 5) is 8.23. The number of hydrogen-bond acceptors (Lipinski definition) is 6. The molecule has 0 bridgehead atoms. The molecular formula is C15H13F2N3O4. The SMILES string of the molecule is OC[C@H]1O[C@H](n2ccc3c(-c4ccoc4)ncnc32)C(F)(F)[C@@H]1O. The van der Waals surface area contributed by atoms with Gasteiger partial charge in [-0.05, 0) is 12.1 Å². The molecule has 7 nitrogen and oxygen atoms in total. The second kappa shape index (κ2) is 5.33. The molecule has 1 aliphatic rings. The Bertz CT molecular complexity index is 865. The van der Waals surface area contributed by atoms with Crippen LogP contribution in [0.1, 0.15) is 6.23 Å². The summed E-state index contributed by atoms with van der Waals surface area (Å²) < 4.78 is 40.0.